The summed E-state index contributed by atoms with van der Waals surface area (Å²) in [6, 6.07) is 12.6. The maximum absolute atomic E-state index is 5.51. The molecule has 0 unspecified atom stereocenters. The number of unbranched alkanes of at least 4 members (excludes halogenated alkanes) is 1. The van der Waals surface area contributed by atoms with Crippen molar-refractivity contribution in [3.63, 3.8) is 0 Å². The Morgan fingerprint density at radius 3 is 2.19 bits per heavy atom. The zero-order valence-corrected chi connectivity index (χ0v) is 17.1. The van der Waals surface area contributed by atoms with Crippen molar-refractivity contribution in [2.75, 3.05) is 6.61 Å². The van der Waals surface area contributed by atoms with E-state index in [1.807, 2.05) is 19.1 Å². The van der Waals surface area contributed by atoms with Crippen LogP contribution in [-0.4, -0.2) is 11.6 Å². The van der Waals surface area contributed by atoms with E-state index in [0.717, 1.165) is 28.8 Å². The SMILES string of the molecule is CCCC[C@H]1CC[C@H](CCc2ccc(-c3ccc(OCC)cc3)nc2)CC1. The number of hydrogen-bond acceptors (Lipinski definition) is 2. The van der Waals surface area contributed by atoms with Gasteiger partial charge < -0.3 is 4.74 Å². The van der Waals surface area contributed by atoms with E-state index >= 15 is 0 Å². The summed E-state index contributed by atoms with van der Waals surface area (Å²) in [6.45, 7) is 5.01. The lowest BCUT2D eigenvalue weighted by atomic mass is 9.78. The van der Waals surface area contributed by atoms with Gasteiger partial charge in [-0.15, -0.1) is 0 Å². The fraction of sp³-hybridized carbons (Fsp3) is 0.560. The van der Waals surface area contributed by atoms with E-state index in [2.05, 4.69) is 37.4 Å². The van der Waals surface area contributed by atoms with Gasteiger partial charge in [-0.3, -0.25) is 4.98 Å². The number of pyridine rings is 1. The molecule has 1 aromatic heterocycles. The first kappa shape index (κ1) is 19.9. The number of aromatic nitrogens is 1. The molecule has 0 saturated heterocycles. The molecule has 0 radical (unpaired) electrons. The van der Waals surface area contributed by atoms with Crippen LogP contribution in [0.4, 0.5) is 0 Å². The van der Waals surface area contributed by atoms with Crippen LogP contribution in [0.15, 0.2) is 42.6 Å². The molecule has 0 N–H and O–H groups in total. The van der Waals surface area contributed by atoms with Crippen LogP contribution in [0, 0.1) is 11.8 Å². The normalized spacial score (nSPS) is 19.8. The molecule has 0 bridgehead atoms. The average Bonchev–Trinajstić information content (AvgIpc) is 2.73. The molecule has 27 heavy (non-hydrogen) atoms. The van der Waals surface area contributed by atoms with E-state index in [-0.39, 0.29) is 0 Å². The fourth-order valence-electron chi connectivity index (χ4n) is 4.30. The highest BCUT2D eigenvalue weighted by Gasteiger charge is 2.20. The molecular formula is C25H35NO. The van der Waals surface area contributed by atoms with Crippen LogP contribution in [-0.2, 0) is 6.42 Å². The quantitative estimate of drug-likeness (QED) is 0.474. The molecule has 1 saturated carbocycles. The van der Waals surface area contributed by atoms with Gasteiger partial charge in [0.05, 0.1) is 12.3 Å². The zero-order chi connectivity index (χ0) is 18.9. The molecule has 3 rings (SSSR count). The highest BCUT2D eigenvalue weighted by atomic mass is 16.5. The first-order chi connectivity index (χ1) is 13.3. The second kappa shape index (κ2) is 10.5. The lowest BCUT2D eigenvalue weighted by Gasteiger charge is -2.28. The van der Waals surface area contributed by atoms with Gasteiger partial charge in [-0.25, -0.2) is 0 Å². The molecular weight excluding hydrogens is 330 g/mol. The standard InChI is InChI=1S/C25H35NO/c1-3-5-6-20-7-9-21(10-8-20)11-12-22-13-18-25(26-19-22)23-14-16-24(17-15-23)27-4-2/h13-21H,3-12H2,1-2H3/t20-,21-. The number of benzene rings is 1. The lowest BCUT2D eigenvalue weighted by Crippen LogP contribution is -2.15. The van der Waals surface area contributed by atoms with Gasteiger partial charge in [0.1, 0.15) is 5.75 Å². The molecule has 1 aliphatic carbocycles. The smallest absolute Gasteiger partial charge is 0.119 e. The fourth-order valence-corrected chi connectivity index (χ4v) is 4.30. The van der Waals surface area contributed by atoms with Crippen LogP contribution in [0.3, 0.4) is 0 Å². The minimum atomic E-state index is 0.701. The third-order valence-corrected chi connectivity index (χ3v) is 6.06. The van der Waals surface area contributed by atoms with Gasteiger partial charge in [0, 0.05) is 11.8 Å². The molecule has 1 aromatic carbocycles. The molecule has 0 atom stereocenters. The maximum Gasteiger partial charge on any atom is 0.119 e. The summed E-state index contributed by atoms with van der Waals surface area (Å²) in [7, 11) is 0. The first-order valence-corrected chi connectivity index (χ1v) is 11.0. The molecule has 2 aromatic rings. The van der Waals surface area contributed by atoms with Crippen molar-refractivity contribution in [2.24, 2.45) is 11.8 Å². The Bertz CT molecular complexity index is 654. The first-order valence-electron chi connectivity index (χ1n) is 11.0. The van der Waals surface area contributed by atoms with Gasteiger partial charge in [-0.05, 0) is 67.5 Å². The topological polar surface area (TPSA) is 22.1 Å². The zero-order valence-electron chi connectivity index (χ0n) is 17.1. The number of aryl methyl sites for hydroxylation is 1. The highest BCUT2D eigenvalue weighted by Crippen LogP contribution is 2.34. The Morgan fingerprint density at radius 1 is 0.889 bits per heavy atom. The molecule has 1 fully saturated rings. The molecule has 0 spiro atoms. The highest BCUT2D eigenvalue weighted by molar-refractivity contribution is 5.60. The summed E-state index contributed by atoms with van der Waals surface area (Å²) >= 11 is 0. The van der Waals surface area contributed by atoms with Crippen molar-refractivity contribution in [2.45, 2.75) is 71.6 Å². The molecule has 2 heteroatoms. The summed E-state index contributed by atoms with van der Waals surface area (Å²) in [4.78, 5) is 4.69. The minimum Gasteiger partial charge on any atom is -0.494 e. The summed E-state index contributed by atoms with van der Waals surface area (Å²) < 4.78 is 5.51. The van der Waals surface area contributed by atoms with E-state index in [9.17, 15) is 0 Å². The second-order valence-corrected chi connectivity index (χ2v) is 8.08. The van der Waals surface area contributed by atoms with Gasteiger partial charge in [0.25, 0.3) is 0 Å². The number of hydrogen-bond donors (Lipinski definition) is 0. The van der Waals surface area contributed by atoms with E-state index in [0.29, 0.717) is 6.61 Å². The van der Waals surface area contributed by atoms with Gasteiger partial charge in [-0.1, -0.05) is 57.9 Å². The summed E-state index contributed by atoms with van der Waals surface area (Å²) in [6.07, 6.45) is 14.6. The third-order valence-electron chi connectivity index (χ3n) is 6.06. The second-order valence-electron chi connectivity index (χ2n) is 8.08. The summed E-state index contributed by atoms with van der Waals surface area (Å²) in [5.41, 5.74) is 3.56. The molecule has 1 heterocycles. The molecule has 0 amide bonds. The van der Waals surface area contributed by atoms with Crippen LogP contribution in [0.1, 0.15) is 70.8 Å². The monoisotopic (exact) mass is 365 g/mol. The van der Waals surface area contributed by atoms with Crippen LogP contribution < -0.4 is 4.74 Å². The Morgan fingerprint density at radius 2 is 1.59 bits per heavy atom. The Kier molecular flexibility index (Phi) is 7.74. The predicted molar refractivity (Wildman–Crippen MR) is 114 cm³/mol. The Labute approximate surface area is 165 Å². The largest absolute Gasteiger partial charge is 0.494 e. The van der Waals surface area contributed by atoms with Crippen molar-refractivity contribution in [1.82, 2.24) is 4.98 Å². The van der Waals surface area contributed by atoms with Crippen LogP contribution in [0.2, 0.25) is 0 Å². The maximum atomic E-state index is 5.51. The van der Waals surface area contributed by atoms with Gasteiger partial charge >= 0.3 is 0 Å². The van der Waals surface area contributed by atoms with Crippen molar-refractivity contribution in [1.29, 1.82) is 0 Å². The molecule has 2 nitrogen and oxygen atoms in total. The lowest BCUT2D eigenvalue weighted by molar-refractivity contribution is 0.250. The van der Waals surface area contributed by atoms with Gasteiger partial charge in [0.15, 0.2) is 0 Å². The average molecular weight is 366 g/mol. The Hall–Kier alpha value is -1.83. The summed E-state index contributed by atoms with van der Waals surface area (Å²) in [5, 5.41) is 0. The van der Waals surface area contributed by atoms with E-state index < -0.39 is 0 Å². The van der Waals surface area contributed by atoms with Crippen molar-refractivity contribution in [3.8, 4) is 17.0 Å². The van der Waals surface area contributed by atoms with Crippen molar-refractivity contribution in [3.05, 3.63) is 48.2 Å². The van der Waals surface area contributed by atoms with Crippen LogP contribution in [0.5, 0.6) is 5.75 Å². The van der Waals surface area contributed by atoms with Crippen molar-refractivity contribution >= 4 is 0 Å². The van der Waals surface area contributed by atoms with E-state index in [1.54, 1.807) is 0 Å². The summed E-state index contributed by atoms with van der Waals surface area (Å²) in [5.74, 6) is 2.85. The molecule has 146 valence electrons. The van der Waals surface area contributed by atoms with Crippen molar-refractivity contribution < 1.29 is 4.74 Å². The minimum absolute atomic E-state index is 0.701. The van der Waals surface area contributed by atoms with Gasteiger partial charge in [-0.2, -0.15) is 0 Å². The van der Waals surface area contributed by atoms with Gasteiger partial charge in [0.2, 0.25) is 0 Å². The predicted octanol–water partition coefficient (Wildman–Crippen LogP) is 7.08. The van der Waals surface area contributed by atoms with E-state index in [1.165, 1.54) is 63.4 Å². The van der Waals surface area contributed by atoms with E-state index in [4.69, 9.17) is 9.72 Å². The molecule has 0 aliphatic heterocycles. The third kappa shape index (κ3) is 6.09. The Balaban J connectivity index is 1.45. The molecule has 1 aliphatic rings. The van der Waals surface area contributed by atoms with Crippen LogP contribution in [0.25, 0.3) is 11.3 Å². The number of rotatable bonds is 9. The van der Waals surface area contributed by atoms with Crippen LogP contribution >= 0.6 is 0 Å². The number of nitrogens with zero attached hydrogens (tertiary/aromatic N) is 1. The number of ether oxygens (including phenoxy) is 1.